The predicted octanol–water partition coefficient (Wildman–Crippen LogP) is 4.16. The quantitative estimate of drug-likeness (QED) is 0.165. The van der Waals surface area contributed by atoms with Gasteiger partial charge in [-0.05, 0) is 49.3 Å². The number of ketones is 1. The lowest BCUT2D eigenvalue weighted by Crippen LogP contribution is -2.38. The molecule has 8 heteroatoms. The van der Waals surface area contributed by atoms with Gasteiger partial charge in [0, 0.05) is 25.6 Å². The number of rotatable bonds is 11. The summed E-state index contributed by atoms with van der Waals surface area (Å²) in [6, 6.07) is 12.7. The van der Waals surface area contributed by atoms with Crippen LogP contribution in [0.25, 0.3) is 5.76 Å². The van der Waals surface area contributed by atoms with Crippen LogP contribution in [0.15, 0.2) is 54.1 Å². The van der Waals surface area contributed by atoms with Gasteiger partial charge < -0.3 is 24.4 Å². The molecule has 0 saturated carbocycles. The van der Waals surface area contributed by atoms with Crippen LogP contribution in [0, 0.1) is 0 Å². The summed E-state index contributed by atoms with van der Waals surface area (Å²) >= 11 is 0. The smallest absolute Gasteiger partial charge is 0.308 e. The largest absolute Gasteiger partial charge is 0.507 e. The minimum atomic E-state index is -0.837. The zero-order valence-electron chi connectivity index (χ0n) is 21.3. The highest BCUT2D eigenvalue weighted by Crippen LogP contribution is 2.40. The van der Waals surface area contributed by atoms with Crippen molar-refractivity contribution in [3.05, 3.63) is 65.2 Å². The molecule has 0 bridgehead atoms. The topological polar surface area (TPSA) is 96.4 Å². The molecule has 0 spiro atoms. The van der Waals surface area contributed by atoms with Crippen LogP contribution in [0.3, 0.4) is 0 Å². The molecule has 2 aromatic carbocycles. The lowest BCUT2D eigenvalue weighted by Gasteiger charge is -2.28. The van der Waals surface area contributed by atoms with E-state index in [9.17, 15) is 19.5 Å². The Morgan fingerprint density at radius 2 is 1.72 bits per heavy atom. The number of amides is 1. The molecule has 1 unspecified atom stereocenters. The van der Waals surface area contributed by atoms with E-state index in [1.807, 2.05) is 20.8 Å². The zero-order chi connectivity index (χ0) is 26.2. The third-order valence-corrected chi connectivity index (χ3v) is 6.11. The third-order valence-electron chi connectivity index (χ3n) is 6.11. The van der Waals surface area contributed by atoms with Crippen molar-refractivity contribution < 1.29 is 29.0 Å². The van der Waals surface area contributed by atoms with E-state index in [1.165, 1.54) is 11.8 Å². The van der Waals surface area contributed by atoms with Crippen molar-refractivity contribution in [1.82, 2.24) is 9.80 Å². The SMILES string of the molecule is CCCOc1cccc(/C(O)=C2/C(=O)C(=O)N(CCN(CC)CC)C2c2cccc(OC(C)=O)c2)c1. The molecule has 1 saturated heterocycles. The number of carbonyl (C=O) groups is 3. The number of hydrogen-bond donors (Lipinski definition) is 1. The average Bonchev–Trinajstić information content (AvgIpc) is 3.12. The first-order chi connectivity index (χ1) is 17.3. The lowest BCUT2D eigenvalue weighted by molar-refractivity contribution is -0.140. The van der Waals surface area contributed by atoms with Crippen LogP contribution in [-0.4, -0.2) is 65.4 Å². The first-order valence-electron chi connectivity index (χ1n) is 12.3. The molecule has 1 atom stereocenters. The molecule has 1 heterocycles. The maximum absolute atomic E-state index is 13.3. The second-order valence-corrected chi connectivity index (χ2v) is 8.56. The molecule has 1 aliphatic rings. The molecule has 8 nitrogen and oxygen atoms in total. The monoisotopic (exact) mass is 494 g/mol. The van der Waals surface area contributed by atoms with E-state index in [2.05, 4.69) is 4.90 Å². The molecule has 2 aromatic rings. The summed E-state index contributed by atoms with van der Waals surface area (Å²) in [7, 11) is 0. The third kappa shape index (κ3) is 6.12. The number of likely N-dealkylation sites (tertiary alicyclic amines) is 1. The average molecular weight is 495 g/mol. The zero-order valence-corrected chi connectivity index (χ0v) is 21.3. The molecule has 1 N–H and O–H groups in total. The maximum atomic E-state index is 13.3. The number of esters is 1. The Bertz CT molecular complexity index is 1140. The Morgan fingerprint density at radius 3 is 2.39 bits per heavy atom. The predicted molar refractivity (Wildman–Crippen MR) is 137 cm³/mol. The van der Waals surface area contributed by atoms with Gasteiger partial charge >= 0.3 is 5.97 Å². The molecule has 36 heavy (non-hydrogen) atoms. The van der Waals surface area contributed by atoms with Crippen molar-refractivity contribution in [2.45, 2.75) is 40.2 Å². The second kappa shape index (κ2) is 12.4. The van der Waals surface area contributed by atoms with E-state index in [1.54, 1.807) is 48.5 Å². The summed E-state index contributed by atoms with van der Waals surface area (Å²) in [5.41, 5.74) is 0.936. The van der Waals surface area contributed by atoms with Crippen LogP contribution in [0.5, 0.6) is 11.5 Å². The molecule has 1 aliphatic heterocycles. The first kappa shape index (κ1) is 26.9. The minimum absolute atomic E-state index is 0.00726. The van der Waals surface area contributed by atoms with Crippen molar-refractivity contribution in [2.24, 2.45) is 0 Å². The number of aliphatic hydroxyl groups excluding tert-OH is 1. The fourth-order valence-corrected chi connectivity index (χ4v) is 4.27. The fraction of sp³-hybridized carbons (Fsp3) is 0.393. The molecular formula is C28H34N2O6. The Kier molecular flexibility index (Phi) is 9.25. The van der Waals surface area contributed by atoms with E-state index in [4.69, 9.17) is 9.47 Å². The number of carbonyl (C=O) groups excluding carboxylic acids is 3. The van der Waals surface area contributed by atoms with E-state index in [0.717, 1.165) is 19.5 Å². The van der Waals surface area contributed by atoms with E-state index < -0.39 is 23.7 Å². The molecule has 1 amide bonds. The van der Waals surface area contributed by atoms with Gasteiger partial charge in [0.1, 0.15) is 17.3 Å². The van der Waals surface area contributed by atoms with E-state index in [0.29, 0.717) is 42.3 Å². The summed E-state index contributed by atoms with van der Waals surface area (Å²) < 4.78 is 10.9. The van der Waals surface area contributed by atoms with Gasteiger partial charge in [0.2, 0.25) is 0 Å². The molecular weight excluding hydrogens is 460 g/mol. The standard InChI is InChI=1S/C28H34N2O6/c1-5-16-35-22-12-9-11-21(18-22)26(32)24-25(20-10-8-13-23(17-20)36-19(4)31)30(28(34)27(24)33)15-14-29(6-2)7-3/h8-13,17-18,25,32H,5-7,14-16H2,1-4H3/b26-24-. The number of hydrogen-bond acceptors (Lipinski definition) is 7. The highest BCUT2D eigenvalue weighted by atomic mass is 16.5. The number of ether oxygens (including phenoxy) is 2. The van der Waals surface area contributed by atoms with Crippen LogP contribution in [0.1, 0.15) is 51.3 Å². The van der Waals surface area contributed by atoms with Crippen molar-refractivity contribution in [3.8, 4) is 11.5 Å². The molecule has 3 rings (SSSR count). The number of aliphatic hydroxyl groups is 1. The van der Waals surface area contributed by atoms with Crippen LogP contribution >= 0.6 is 0 Å². The number of Topliss-reactive ketones (excluding diaryl/α,β-unsaturated/α-hetero) is 1. The van der Waals surface area contributed by atoms with Crippen LogP contribution < -0.4 is 9.47 Å². The molecule has 0 aromatic heterocycles. The van der Waals surface area contributed by atoms with Gasteiger partial charge in [-0.15, -0.1) is 0 Å². The van der Waals surface area contributed by atoms with Gasteiger partial charge in [0.05, 0.1) is 18.2 Å². The van der Waals surface area contributed by atoms with Crippen LogP contribution in [0.2, 0.25) is 0 Å². The maximum Gasteiger partial charge on any atom is 0.308 e. The Balaban J connectivity index is 2.11. The van der Waals surface area contributed by atoms with Crippen molar-refractivity contribution in [1.29, 1.82) is 0 Å². The Hall–Kier alpha value is -3.65. The second-order valence-electron chi connectivity index (χ2n) is 8.56. The van der Waals surface area contributed by atoms with Crippen molar-refractivity contribution >= 4 is 23.4 Å². The fourth-order valence-electron chi connectivity index (χ4n) is 4.27. The summed E-state index contributed by atoms with van der Waals surface area (Å²) in [5.74, 6) is -1.33. The van der Waals surface area contributed by atoms with Crippen LogP contribution in [0.4, 0.5) is 0 Å². The summed E-state index contributed by atoms with van der Waals surface area (Å²) in [4.78, 5) is 41.6. The van der Waals surface area contributed by atoms with Gasteiger partial charge in [0.15, 0.2) is 0 Å². The Morgan fingerprint density at radius 1 is 1.03 bits per heavy atom. The van der Waals surface area contributed by atoms with Gasteiger partial charge in [-0.1, -0.05) is 45.0 Å². The summed E-state index contributed by atoms with van der Waals surface area (Å²) in [6.07, 6.45) is 0.826. The van der Waals surface area contributed by atoms with Gasteiger partial charge in [-0.25, -0.2) is 0 Å². The molecule has 1 fully saturated rings. The Labute approximate surface area is 212 Å². The molecule has 0 radical (unpaired) electrons. The lowest BCUT2D eigenvalue weighted by atomic mass is 9.95. The molecule has 192 valence electrons. The van der Waals surface area contributed by atoms with Gasteiger partial charge in [-0.3, -0.25) is 14.4 Å². The summed E-state index contributed by atoms with van der Waals surface area (Å²) in [5, 5.41) is 11.3. The number of nitrogens with zero attached hydrogens (tertiary/aromatic N) is 2. The van der Waals surface area contributed by atoms with E-state index in [-0.39, 0.29) is 11.3 Å². The highest BCUT2D eigenvalue weighted by molar-refractivity contribution is 6.46. The normalized spacial score (nSPS) is 17.0. The molecule has 0 aliphatic carbocycles. The minimum Gasteiger partial charge on any atom is -0.507 e. The van der Waals surface area contributed by atoms with Crippen molar-refractivity contribution in [3.63, 3.8) is 0 Å². The van der Waals surface area contributed by atoms with Gasteiger partial charge in [0.25, 0.3) is 11.7 Å². The van der Waals surface area contributed by atoms with Gasteiger partial charge in [-0.2, -0.15) is 0 Å². The van der Waals surface area contributed by atoms with Crippen LogP contribution in [-0.2, 0) is 14.4 Å². The highest BCUT2D eigenvalue weighted by Gasteiger charge is 2.46. The number of likely N-dealkylation sites (N-methyl/N-ethyl adjacent to an activating group) is 1. The first-order valence-corrected chi connectivity index (χ1v) is 12.3. The number of benzene rings is 2. The van der Waals surface area contributed by atoms with Crippen molar-refractivity contribution in [2.75, 3.05) is 32.8 Å². The summed E-state index contributed by atoms with van der Waals surface area (Å²) in [6.45, 7) is 10.4. The van der Waals surface area contributed by atoms with E-state index >= 15 is 0 Å².